The highest BCUT2D eigenvalue weighted by molar-refractivity contribution is 5.77. The average Bonchev–Trinajstić information content (AvgIpc) is 2.87. The van der Waals surface area contributed by atoms with Crippen molar-refractivity contribution in [3.05, 3.63) is 0 Å². The van der Waals surface area contributed by atoms with Crippen LogP contribution >= 0.6 is 0 Å². The Morgan fingerprint density at radius 1 is 1.62 bits per heavy atom. The molecule has 2 saturated heterocycles. The van der Waals surface area contributed by atoms with Crippen LogP contribution in [-0.2, 0) is 14.3 Å². The van der Waals surface area contributed by atoms with E-state index >= 15 is 0 Å². The molecule has 4 unspecified atom stereocenters. The number of nitrogens with two attached hydrogens (primary N) is 1. The lowest BCUT2D eigenvalue weighted by Gasteiger charge is -2.21. The Bertz CT molecular complexity index is 256. The fourth-order valence-electron chi connectivity index (χ4n) is 2.53. The SMILES string of the molecule is COC(CN)CC(=O)NC1CC2CCC1O2. The maximum Gasteiger partial charge on any atom is 0.222 e. The third kappa shape index (κ3) is 2.53. The molecule has 1 amide bonds. The first kappa shape index (κ1) is 11.8. The second-order valence-electron chi connectivity index (χ2n) is 4.58. The predicted octanol–water partition coefficient (Wildman–Crippen LogP) is -0.214. The van der Waals surface area contributed by atoms with Gasteiger partial charge < -0.3 is 20.5 Å². The molecule has 0 aromatic heterocycles. The van der Waals surface area contributed by atoms with E-state index in [9.17, 15) is 4.79 Å². The summed E-state index contributed by atoms with van der Waals surface area (Å²) in [4.78, 5) is 11.7. The van der Waals surface area contributed by atoms with Crippen LogP contribution in [0.1, 0.15) is 25.7 Å². The van der Waals surface area contributed by atoms with Gasteiger partial charge in [-0.1, -0.05) is 0 Å². The minimum absolute atomic E-state index is 0.0125. The van der Waals surface area contributed by atoms with E-state index in [1.165, 1.54) is 0 Å². The van der Waals surface area contributed by atoms with Crippen molar-refractivity contribution in [2.75, 3.05) is 13.7 Å². The van der Waals surface area contributed by atoms with Crippen LogP contribution in [0.3, 0.4) is 0 Å². The maximum absolute atomic E-state index is 11.7. The number of carbonyl (C=O) groups excluding carboxylic acids is 1. The summed E-state index contributed by atoms with van der Waals surface area (Å²) >= 11 is 0. The first-order valence-electron chi connectivity index (χ1n) is 5.90. The van der Waals surface area contributed by atoms with Crippen molar-refractivity contribution in [2.24, 2.45) is 5.73 Å². The van der Waals surface area contributed by atoms with Crippen molar-refractivity contribution in [1.29, 1.82) is 0 Å². The number of rotatable bonds is 5. The Balaban J connectivity index is 1.75. The highest BCUT2D eigenvalue weighted by Crippen LogP contribution is 2.34. The predicted molar refractivity (Wildman–Crippen MR) is 58.9 cm³/mol. The van der Waals surface area contributed by atoms with Gasteiger partial charge in [-0.05, 0) is 19.3 Å². The van der Waals surface area contributed by atoms with Crippen molar-refractivity contribution in [3.8, 4) is 0 Å². The van der Waals surface area contributed by atoms with Gasteiger partial charge in [0.05, 0.1) is 30.8 Å². The smallest absolute Gasteiger partial charge is 0.222 e. The molecule has 2 heterocycles. The summed E-state index contributed by atoms with van der Waals surface area (Å²) in [5.74, 6) is 0.0125. The van der Waals surface area contributed by atoms with Gasteiger partial charge >= 0.3 is 0 Å². The Hall–Kier alpha value is -0.650. The fraction of sp³-hybridized carbons (Fsp3) is 0.909. The zero-order valence-corrected chi connectivity index (χ0v) is 9.65. The van der Waals surface area contributed by atoms with Crippen LogP contribution in [0.5, 0.6) is 0 Å². The van der Waals surface area contributed by atoms with E-state index in [2.05, 4.69) is 5.32 Å². The molecule has 2 rings (SSSR count). The lowest BCUT2D eigenvalue weighted by atomic mass is 9.95. The second kappa shape index (κ2) is 5.12. The molecule has 0 saturated carbocycles. The molecular weight excluding hydrogens is 208 g/mol. The van der Waals surface area contributed by atoms with Gasteiger partial charge in [-0.25, -0.2) is 0 Å². The van der Waals surface area contributed by atoms with E-state index in [-0.39, 0.29) is 24.2 Å². The van der Waals surface area contributed by atoms with E-state index in [1.54, 1.807) is 7.11 Å². The third-order valence-corrected chi connectivity index (χ3v) is 3.46. The summed E-state index contributed by atoms with van der Waals surface area (Å²) in [5.41, 5.74) is 5.47. The molecule has 2 aliphatic rings. The van der Waals surface area contributed by atoms with Gasteiger partial charge in [-0.2, -0.15) is 0 Å². The van der Waals surface area contributed by atoms with Gasteiger partial charge in [0.2, 0.25) is 5.91 Å². The van der Waals surface area contributed by atoms with Gasteiger partial charge in [0.1, 0.15) is 0 Å². The number of carbonyl (C=O) groups is 1. The normalized spacial score (nSPS) is 34.0. The molecule has 0 spiro atoms. The number of ether oxygens (including phenoxy) is 2. The largest absolute Gasteiger partial charge is 0.380 e. The topological polar surface area (TPSA) is 73.6 Å². The van der Waals surface area contributed by atoms with Gasteiger partial charge in [0, 0.05) is 13.7 Å². The first-order chi connectivity index (χ1) is 7.72. The van der Waals surface area contributed by atoms with Crippen LogP contribution in [0.15, 0.2) is 0 Å². The number of hydrogen-bond donors (Lipinski definition) is 2. The minimum atomic E-state index is -0.181. The average molecular weight is 228 g/mol. The van der Waals surface area contributed by atoms with E-state index in [4.69, 9.17) is 15.2 Å². The molecule has 2 fully saturated rings. The first-order valence-corrected chi connectivity index (χ1v) is 5.90. The van der Waals surface area contributed by atoms with Crippen molar-refractivity contribution < 1.29 is 14.3 Å². The van der Waals surface area contributed by atoms with Crippen LogP contribution < -0.4 is 11.1 Å². The number of fused-ring (bicyclic) bond motifs is 2. The fourth-order valence-corrected chi connectivity index (χ4v) is 2.53. The molecule has 0 radical (unpaired) electrons. The van der Waals surface area contributed by atoms with Gasteiger partial charge in [-0.15, -0.1) is 0 Å². The molecule has 16 heavy (non-hydrogen) atoms. The van der Waals surface area contributed by atoms with Crippen LogP contribution in [-0.4, -0.2) is 43.9 Å². The monoisotopic (exact) mass is 228 g/mol. The van der Waals surface area contributed by atoms with E-state index in [0.29, 0.717) is 19.1 Å². The van der Waals surface area contributed by atoms with Crippen LogP contribution in [0.25, 0.3) is 0 Å². The number of hydrogen-bond acceptors (Lipinski definition) is 4. The van der Waals surface area contributed by atoms with Crippen molar-refractivity contribution >= 4 is 5.91 Å². The van der Waals surface area contributed by atoms with Gasteiger partial charge in [0.25, 0.3) is 0 Å². The molecule has 5 heteroatoms. The van der Waals surface area contributed by atoms with E-state index < -0.39 is 0 Å². The quantitative estimate of drug-likeness (QED) is 0.682. The van der Waals surface area contributed by atoms with Gasteiger partial charge in [-0.3, -0.25) is 4.79 Å². The molecule has 92 valence electrons. The van der Waals surface area contributed by atoms with Crippen LogP contribution in [0.2, 0.25) is 0 Å². The second-order valence-corrected chi connectivity index (χ2v) is 4.58. The lowest BCUT2D eigenvalue weighted by molar-refractivity contribution is -0.124. The zero-order valence-electron chi connectivity index (χ0n) is 9.65. The summed E-state index contributed by atoms with van der Waals surface area (Å²) in [7, 11) is 1.57. The number of amides is 1. The van der Waals surface area contributed by atoms with E-state index in [1.807, 2.05) is 0 Å². The van der Waals surface area contributed by atoms with Crippen LogP contribution in [0.4, 0.5) is 0 Å². The molecule has 4 atom stereocenters. The number of nitrogens with one attached hydrogen (secondary N) is 1. The minimum Gasteiger partial charge on any atom is -0.380 e. The van der Waals surface area contributed by atoms with E-state index in [0.717, 1.165) is 19.3 Å². The molecule has 3 N–H and O–H groups in total. The summed E-state index contributed by atoms with van der Waals surface area (Å²) < 4.78 is 10.8. The molecule has 0 aromatic carbocycles. The van der Waals surface area contributed by atoms with Gasteiger partial charge in [0.15, 0.2) is 0 Å². The maximum atomic E-state index is 11.7. The highest BCUT2D eigenvalue weighted by Gasteiger charge is 2.41. The summed E-state index contributed by atoms with van der Waals surface area (Å²) in [6, 6.07) is 0.196. The lowest BCUT2D eigenvalue weighted by Crippen LogP contribution is -2.43. The molecular formula is C11H20N2O3. The molecule has 0 aromatic rings. The Morgan fingerprint density at radius 3 is 2.94 bits per heavy atom. The molecule has 5 nitrogen and oxygen atoms in total. The highest BCUT2D eigenvalue weighted by atomic mass is 16.5. The summed E-state index contributed by atoms with van der Waals surface area (Å²) in [5, 5.41) is 3.01. The van der Waals surface area contributed by atoms with Crippen LogP contribution in [0, 0.1) is 0 Å². The molecule has 2 bridgehead atoms. The Labute approximate surface area is 95.7 Å². The van der Waals surface area contributed by atoms with Crippen molar-refractivity contribution in [3.63, 3.8) is 0 Å². The molecule has 2 aliphatic heterocycles. The standard InChI is InChI=1S/C11H20N2O3/c1-15-8(6-12)5-11(14)13-9-4-7-2-3-10(9)16-7/h7-10H,2-6,12H2,1H3,(H,13,14). The summed E-state index contributed by atoms with van der Waals surface area (Å²) in [6.45, 7) is 0.372. The Kier molecular flexibility index (Phi) is 3.78. The number of methoxy groups -OCH3 is 1. The summed E-state index contributed by atoms with van der Waals surface area (Å²) in [6.07, 6.45) is 3.91. The third-order valence-electron chi connectivity index (χ3n) is 3.46. The molecule has 0 aliphatic carbocycles. The van der Waals surface area contributed by atoms with Crippen molar-refractivity contribution in [1.82, 2.24) is 5.32 Å². The zero-order chi connectivity index (χ0) is 11.5. The van der Waals surface area contributed by atoms with Crippen molar-refractivity contribution in [2.45, 2.75) is 50.0 Å². The Morgan fingerprint density at radius 2 is 2.44 bits per heavy atom.